The van der Waals surface area contributed by atoms with E-state index < -0.39 is 23.7 Å². The minimum Gasteiger partial charge on any atom is -0.286 e. The highest BCUT2D eigenvalue weighted by molar-refractivity contribution is 7.14. The number of anilines is 1. The average molecular weight is 436 g/mol. The third kappa shape index (κ3) is 3.92. The molecule has 1 aliphatic heterocycles. The smallest absolute Gasteiger partial charge is 0.275 e. The number of carbonyl (C=O) groups excluding carboxylic acids is 3. The number of hydrogen-bond donors (Lipinski definition) is 2. The fraction of sp³-hybridized carbons (Fsp3) is 0.350. The molecule has 2 N–H and O–H groups in total. The van der Waals surface area contributed by atoms with Crippen LogP contribution in [-0.4, -0.2) is 23.8 Å². The summed E-state index contributed by atoms with van der Waals surface area (Å²) in [6, 6.07) is 4.64. The number of rotatable bonds is 4. The first-order chi connectivity index (χ1) is 13.8. The molecule has 4 rings (SSSR count). The van der Waals surface area contributed by atoms with Crippen LogP contribution in [0.2, 0.25) is 5.02 Å². The van der Waals surface area contributed by atoms with Crippen LogP contribution < -0.4 is 15.8 Å². The molecule has 0 saturated carbocycles. The molecule has 1 aromatic heterocycles. The topological polar surface area (TPSA) is 78.5 Å². The summed E-state index contributed by atoms with van der Waals surface area (Å²) in [5.41, 5.74) is 6.61. The lowest BCUT2D eigenvalue weighted by atomic mass is 9.90. The number of benzene rings is 1. The molecule has 2 atom stereocenters. The van der Waals surface area contributed by atoms with E-state index in [2.05, 4.69) is 17.8 Å². The van der Waals surface area contributed by atoms with E-state index in [9.17, 15) is 18.8 Å². The summed E-state index contributed by atoms with van der Waals surface area (Å²) in [4.78, 5) is 40.2. The summed E-state index contributed by atoms with van der Waals surface area (Å²) in [6.45, 7) is 2.20. The Morgan fingerprint density at radius 2 is 2.07 bits per heavy atom. The highest BCUT2D eigenvalue weighted by atomic mass is 35.5. The molecule has 1 aliphatic carbocycles. The van der Waals surface area contributed by atoms with Gasteiger partial charge in [0.25, 0.3) is 11.8 Å². The van der Waals surface area contributed by atoms with Gasteiger partial charge < -0.3 is 0 Å². The fourth-order valence-corrected chi connectivity index (χ4v) is 4.95. The molecule has 1 fully saturated rings. The molecule has 1 saturated heterocycles. The quantitative estimate of drug-likeness (QED) is 0.571. The van der Waals surface area contributed by atoms with Crippen molar-refractivity contribution in [3.05, 3.63) is 50.4 Å². The van der Waals surface area contributed by atoms with Gasteiger partial charge in [-0.2, -0.15) is 0 Å². The van der Waals surface area contributed by atoms with Gasteiger partial charge in [0, 0.05) is 4.88 Å². The van der Waals surface area contributed by atoms with E-state index in [-0.39, 0.29) is 23.0 Å². The maximum atomic E-state index is 13.4. The maximum absolute atomic E-state index is 13.4. The van der Waals surface area contributed by atoms with Gasteiger partial charge in [-0.3, -0.25) is 19.8 Å². The van der Waals surface area contributed by atoms with Gasteiger partial charge in [-0.15, -0.1) is 11.3 Å². The van der Waals surface area contributed by atoms with Crippen molar-refractivity contribution in [2.45, 2.75) is 38.6 Å². The SMILES string of the molecule is C[C@H]1CCc2sc(C(=O)NN[C@@H]3CC(=O)N(c4ccc(F)c(Cl)c4)C3=O)cc2C1. The van der Waals surface area contributed by atoms with E-state index in [0.29, 0.717) is 10.8 Å². The van der Waals surface area contributed by atoms with Crippen molar-refractivity contribution >= 4 is 46.3 Å². The molecule has 0 unspecified atom stereocenters. The van der Waals surface area contributed by atoms with Crippen molar-refractivity contribution in [1.82, 2.24) is 10.9 Å². The number of imide groups is 1. The lowest BCUT2D eigenvalue weighted by Gasteiger charge is -2.16. The number of carbonyl (C=O) groups is 3. The van der Waals surface area contributed by atoms with Gasteiger partial charge >= 0.3 is 0 Å². The number of hydrogen-bond acceptors (Lipinski definition) is 5. The first-order valence-corrected chi connectivity index (χ1v) is 10.5. The third-order valence-corrected chi connectivity index (χ3v) is 6.75. The number of hydrazine groups is 1. The zero-order chi connectivity index (χ0) is 20.7. The van der Waals surface area contributed by atoms with E-state index in [1.807, 2.05) is 6.07 Å². The molecule has 2 aliphatic rings. The van der Waals surface area contributed by atoms with Gasteiger partial charge in [0.15, 0.2) is 0 Å². The highest BCUT2D eigenvalue weighted by Gasteiger charge is 2.40. The molecule has 29 heavy (non-hydrogen) atoms. The molecule has 9 heteroatoms. The Balaban J connectivity index is 1.41. The Kier molecular flexibility index (Phi) is 5.42. The van der Waals surface area contributed by atoms with Gasteiger partial charge in [0.05, 0.1) is 22.0 Å². The van der Waals surface area contributed by atoms with Gasteiger partial charge in [-0.05, 0) is 55.0 Å². The molecular formula is C20H19ClFN3O3S. The van der Waals surface area contributed by atoms with Gasteiger partial charge in [-0.1, -0.05) is 18.5 Å². The van der Waals surface area contributed by atoms with E-state index in [0.717, 1.165) is 30.2 Å². The molecular weight excluding hydrogens is 417 g/mol. The number of halogens is 2. The third-order valence-electron chi connectivity index (χ3n) is 5.22. The van der Waals surface area contributed by atoms with Crippen LogP contribution >= 0.6 is 22.9 Å². The Morgan fingerprint density at radius 3 is 2.83 bits per heavy atom. The second-order valence-corrected chi connectivity index (χ2v) is 8.97. The van der Waals surface area contributed by atoms with Crippen LogP contribution in [0.5, 0.6) is 0 Å². The Morgan fingerprint density at radius 1 is 1.28 bits per heavy atom. The molecule has 2 heterocycles. The lowest BCUT2D eigenvalue weighted by molar-refractivity contribution is -0.121. The van der Waals surface area contributed by atoms with Gasteiger partial charge in [-0.25, -0.2) is 14.7 Å². The zero-order valence-electron chi connectivity index (χ0n) is 15.6. The summed E-state index contributed by atoms with van der Waals surface area (Å²) in [5.74, 6) is -1.34. The molecule has 0 bridgehead atoms. The van der Waals surface area contributed by atoms with Crippen molar-refractivity contribution in [1.29, 1.82) is 0 Å². The van der Waals surface area contributed by atoms with Crippen molar-refractivity contribution in [3.8, 4) is 0 Å². The molecule has 152 valence electrons. The van der Waals surface area contributed by atoms with Gasteiger partial charge in [0.1, 0.15) is 11.9 Å². The second kappa shape index (κ2) is 7.85. The van der Waals surface area contributed by atoms with Crippen LogP contribution in [0.1, 0.15) is 39.9 Å². The second-order valence-electron chi connectivity index (χ2n) is 7.43. The molecule has 6 nitrogen and oxygen atoms in total. The number of nitrogens with zero attached hydrogens (tertiary/aromatic N) is 1. The number of aryl methyl sites for hydroxylation is 1. The number of fused-ring (bicyclic) bond motifs is 1. The first kappa shape index (κ1) is 20.0. The molecule has 2 aromatic rings. The van der Waals surface area contributed by atoms with Crippen LogP contribution in [0.4, 0.5) is 10.1 Å². The predicted molar refractivity (Wildman–Crippen MR) is 108 cm³/mol. The van der Waals surface area contributed by atoms with Crippen molar-refractivity contribution < 1.29 is 18.8 Å². The van der Waals surface area contributed by atoms with Crippen LogP contribution in [0, 0.1) is 11.7 Å². The minimum atomic E-state index is -0.898. The van der Waals surface area contributed by atoms with Crippen molar-refractivity contribution in [2.24, 2.45) is 5.92 Å². The normalized spacial score (nSPS) is 21.4. The van der Waals surface area contributed by atoms with Crippen LogP contribution in [0.25, 0.3) is 0 Å². The van der Waals surface area contributed by atoms with Crippen LogP contribution in [-0.2, 0) is 22.4 Å². The van der Waals surface area contributed by atoms with E-state index in [1.165, 1.54) is 33.9 Å². The monoisotopic (exact) mass is 435 g/mol. The Hall–Kier alpha value is -2.29. The molecule has 1 aromatic carbocycles. The van der Waals surface area contributed by atoms with Crippen molar-refractivity contribution in [3.63, 3.8) is 0 Å². The zero-order valence-corrected chi connectivity index (χ0v) is 17.2. The molecule has 3 amide bonds. The van der Waals surface area contributed by atoms with E-state index in [1.54, 1.807) is 0 Å². The Labute approximate surface area is 176 Å². The van der Waals surface area contributed by atoms with Crippen LogP contribution in [0.15, 0.2) is 24.3 Å². The van der Waals surface area contributed by atoms with Crippen molar-refractivity contribution in [2.75, 3.05) is 4.90 Å². The predicted octanol–water partition coefficient (Wildman–Crippen LogP) is 3.23. The summed E-state index contributed by atoms with van der Waals surface area (Å²) >= 11 is 7.22. The largest absolute Gasteiger partial charge is 0.286 e. The fourth-order valence-electron chi connectivity index (χ4n) is 3.67. The molecule has 0 spiro atoms. The average Bonchev–Trinajstić information content (AvgIpc) is 3.22. The summed E-state index contributed by atoms with van der Waals surface area (Å²) < 4.78 is 13.4. The number of amides is 3. The van der Waals surface area contributed by atoms with E-state index in [4.69, 9.17) is 11.6 Å². The first-order valence-electron chi connectivity index (χ1n) is 9.32. The highest BCUT2D eigenvalue weighted by Crippen LogP contribution is 2.32. The maximum Gasteiger partial charge on any atom is 0.275 e. The lowest BCUT2D eigenvalue weighted by Crippen LogP contribution is -2.48. The van der Waals surface area contributed by atoms with Gasteiger partial charge in [0.2, 0.25) is 5.91 Å². The number of thiophene rings is 1. The Bertz CT molecular complexity index is 1010. The summed E-state index contributed by atoms with van der Waals surface area (Å²) in [6.07, 6.45) is 2.95. The molecule has 0 radical (unpaired) electrons. The summed E-state index contributed by atoms with van der Waals surface area (Å²) in [7, 11) is 0. The van der Waals surface area contributed by atoms with E-state index >= 15 is 0 Å². The van der Waals surface area contributed by atoms with Crippen LogP contribution in [0.3, 0.4) is 0 Å². The summed E-state index contributed by atoms with van der Waals surface area (Å²) in [5, 5.41) is -0.177. The standard InChI is InChI=1S/C20H19ClFN3O3S/c1-10-2-5-16-11(6-10)7-17(29-16)19(27)24-23-15-9-18(26)25(20(15)28)12-3-4-14(22)13(21)8-12/h3-4,7-8,10,15,23H,2,5-6,9H2,1H3,(H,24,27)/t10-,15+/m0/s1. The number of nitrogens with one attached hydrogen (secondary N) is 2. The minimum absolute atomic E-state index is 0.118.